The molecule has 2 nitrogen and oxygen atoms in total. The smallest absolute Gasteiger partial charge is 0.423 e. The average molecular weight is 413 g/mol. The third-order valence-corrected chi connectivity index (χ3v) is 2.10. The molecule has 0 heterocycles. The lowest BCUT2D eigenvalue weighted by molar-refractivity contribution is -0.500. The number of halogens is 15. The third kappa shape index (κ3) is 4.55. The van der Waals surface area contributed by atoms with Gasteiger partial charge in [0.2, 0.25) is 0 Å². The Kier molecular flexibility index (Phi) is 5.64. The minimum absolute atomic E-state index is 1.59. The van der Waals surface area contributed by atoms with Gasteiger partial charge >= 0.3 is 36.9 Å². The van der Waals surface area contributed by atoms with Crippen molar-refractivity contribution in [1.29, 1.82) is 0 Å². The van der Waals surface area contributed by atoms with Gasteiger partial charge in [-0.3, -0.25) is 0 Å². The standard InChI is InChI=1S/C8H2F15NO/c1-2(3(9,10)11)25-6(16,17)4(12,13)5(14,15)24(7(18,19)20)8(21,22)23/h1H2. The molecule has 25 heavy (non-hydrogen) atoms. The van der Waals surface area contributed by atoms with E-state index in [2.05, 4.69) is 4.74 Å². The van der Waals surface area contributed by atoms with Crippen LogP contribution in [0.1, 0.15) is 0 Å². The maximum atomic E-state index is 13.0. The summed E-state index contributed by atoms with van der Waals surface area (Å²) in [4.78, 5) is -4.21. The molecule has 17 heteroatoms. The van der Waals surface area contributed by atoms with Crippen molar-refractivity contribution in [2.75, 3.05) is 0 Å². The van der Waals surface area contributed by atoms with Crippen LogP contribution in [-0.2, 0) is 4.74 Å². The van der Waals surface area contributed by atoms with Gasteiger partial charge in [-0.2, -0.15) is 65.9 Å². The van der Waals surface area contributed by atoms with Crippen molar-refractivity contribution >= 4 is 0 Å². The molecule has 0 aliphatic rings. The second-order valence-corrected chi connectivity index (χ2v) is 3.93. The van der Waals surface area contributed by atoms with Crippen molar-refractivity contribution in [3.05, 3.63) is 12.3 Å². The molecular weight excluding hydrogens is 411 g/mol. The summed E-state index contributed by atoms with van der Waals surface area (Å²) < 4.78 is 187. The number of allylic oxidation sites excluding steroid dienone is 1. The summed E-state index contributed by atoms with van der Waals surface area (Å²) in [6, 6.07) is -7.81. The highest BCUT2D eigenvalue weighted by atomic mass is 19.4. The molecule has 0 N–H and O–H groups in total. The van der Waals surface area contributed by atoms with Crippen LogP contribution in [0.25, 0.3) is 0 Å². The van der Waals surface area contributed by atoms with Gasteiger partial charge in [-0.25, -0.2) is 0 Å². The molecular formula is C8H2F15NO. The minimum atomic E-state index is -7.81. The highest BCUT2D eigenvalue weighted by Gasteiger charge is 2.83. The molecule has 0 saturated carbocycles. The molecule has 0 atom stereocenters. The van der Waals surface area contributed by atoms with E-state index < -0.39 is 47.5 Å². The van der Waals surface area contributed by atoms with Crippen molar-refractivity contribution in [3.63, 3.8) is 0 Å². The fourth-order valence-electron chi connectivity index (χ4n) is 1.05. The van der Waals surface area contributed by atoms with Crippen LogP contribution in [0.5, 0.6) is 0 Å². The number of ether oxygens (including phenoxy) is 1. The van der Waals surface area contributed by atoms with E-state index in [1.807, 2.05) is 0 Å². The Morgan fingerprint density at radius 2 is 0.960 bits per heavy atom. The van der Waals surface area contributed by atoms with E-state index in [1.54, 1.807) is 6.58 Å². The number of nitrogens with zero attached hydrogens (tertiary/aromatic N) is 1. The average Bonchev–Trinajstić information content (AvgIpc) is 2.20. The number of hydrogen-bond acceptors (Lipinski definition) is 2. The molecule has 0 aliphatic carbocycles. The first-order valence-corrected chi connectivity index (χ1v) is 5.02. The van der Waals surface area contributed by atoms with E-state index >= 15 is 0 Å². The molecule has 0 aromatic heterocycles. The molecule has 0 spiro atoms. The lowest BCUT2D eigenvalue weighted by Gasteiger charge is -2.39. The summed E-state index contributed by atoms with van der Waals surface area (Å²) in [5.74, 6) is -11.0. The normalized spacial score (nSPS) is 15.5. The van der Waals surface area contributed by atoms with Crippen molar-refractivity contribution in [3.8, 4) is 0 Å². The SMILES string of the molecule is C=C(OC(F)(F)C(F)(F)C(F)(F)N(C(F)(F)F)C(F)(F)F)C(F)(F)F. The Morgan fingerprint density at radius 3 is 1.20 bits per heavy atom. The highest BCUT2D eigenvalue weighted by Crippen LogP contribution is 2.54. The van der Waals surface area contributed by atoms with E-state index in [0.29, 0.717) is 0 Å². The summed E-state index contributed by atoms with van der Waals surface area (Å²) in [6.45, 7) is 1.59. The molecule has 0 amide bonds. The maximum Gasteiger partial charge on any atom is 0.472 e. The molecule has 0 radical (unpaired) electrons. The van der Waals surface area contributed by atoms with E-state index in [0.717, 1.165) is 0 Å². The topological polar surface area (TPSA) is 12.5 Å². The number of rotatable bonds is 5. The second-order valence-electron chi connectivity index (χ2n) is 3.93. The molecule has 0 rings (SSSR count). The summed E-state index contributed by atoms with van der Waals surface area (Å²) in [6.07, 6.45) is -28.0. The monoisotopic (exact) mass is 413 g/mol. The number of hydrogen-bond donors (Lipinski definition) is 0. The van der Waals surface area contributed by atoms with Gasteiger partial charge in [0.25, 0.3) is 0 Å². The molecule has 0 aromatic rings. The summed E-state index contributed by atoms with van der Waals surface area (Å²) in [5, 5.41) is 0. The van der Waals surface area contributed by atoms with Crippen LogP contribution in [0.3, 0.4) is 0 Å². The Balaban J connectivity index is 6.13. The van der Waals surface area contributed by atoms with Crippen molar-refractivity contribution in [1.82, 2.24) is 4.90 Å². The first-order valence-electron chi connectivity index (χ1n) is 5.02. The van der Waals surface area contributed by atoms with Gasteiger partial charge in [-0.05, 0) is 0 Å². The molecule has 150 valence electrons. The predicted octanol–water partition coefficient (Wildman–Crippen LogP) is 5.24. The van der Waals surface area contributed by atoms with Crippen LogP contribution in [0.2, 0.25) is 0 Å². The molecule has 0 aliphatic heterocycles. The molecule has 0 bridgehead atoms. The predicted molar refractivity (Wildman–Crippen MR) is 45.1 cm³/mol. The van der Waals surface area contributed by atoms with E-state index in [1.165, 1.54) is 0 Å². The zero-order valence-electron chi connectivity index (χ0n) is 10.7. The Bertz CT molecular complexity index is 483. The maximum absolute atomic E-state index is 13.0. The molecule has 0 saturated heterocycles. The largest absolute Gasteiger partial charge is 0.472 e. The van der Waals surface area contributed by atoms with E-state index in [4.69, 9.17) is 0 Å². The zero-order valence-corrected chi connectivity index (χ0v) is 10.7. The fourth-order valence-corrected chi connectivity index (χ4v) is 1.05. The number of alkyl halides is 15. The first kappa shape index (κ1) is 23.4. The van der Waals surface area contributed by atoms with E-state index in [-0.39, 0.29) is 0 Å². The van der Waals surface area contributed by atoms with Crippen LogP contribution in [-0.4, -0.2) is 41.8 Å². The Morgan fingerprint density at radius 1 is 0.640 bits per heavy atom. The van der Waals surface area contributed by atoms with Gasteiger partial charge in [0.15, 0.2) is 5.76 Å². The van der Waals surface area contributed by atoms with Gasteiger partial charge in [0, 0.05) is 0 Å². The van der Waals surface area contributed by atoms with Crippen molar-refractivity contribution in [2.24, 2.45) is 0 Å². The fraction of sp³-hybridized carbons (Fsp3) is 0.750. The summed E-state index contributed by atoms with van der Waals surface area (Å²) in [5.41, 5.74) is 0. The van der Waals surface area contributed by atoms with E-state index in [9.17, 15) is 65.9 Å². The van der Waals surface area contributed by atoms with Crippen LogP contribution in [0, 0.1) is 0 Å². The Labute approximate surface area is 126 Å². The highest BCUT2D eigenvalue weighted by molar-refractivity contribution is 4.99. The quantitative estimate of drug-likeness (QED) is 0.347. The van der Waals surface area contributed by atoms with Gasteiger partial charge in [0.05, 0.1) is 0 Å². The van der Waals surface area contributed by atoms with Crippen molar-refractivity contribution < 1.29 is 70.6 Å². The molecule has 0 unspecified atom stereocenters. The van der Waals surface area contributed by atoms with Crippen LogP contribution in [0.15, 0.2) is 12.3 Å². The van der Waals surface area contributed by atoms with Crippen LogP contribution in [0.4, 0.5) is 65.9 Å². The lowest BCUT2D eigenvalue weighted by Crippen LogP contribution is -2.69. The van der Waals surface area contributed by atoms with Gasteiger partial charge in [-0.1, -0.05) is 11.5 Å². The zero-order chi connectivity index (χ0) is 20.9. The van der Waals surface area contributed by atoms with Crippen molar-refractivity contribution in [2.45, 2.75) is 36.9 Å². The Hall–Kier alpha value is -1.55. The van der Waals surface area contributed by atoms with Crippen LogP contribution < -0.4 is 0 Å². The first-order chi connectivity index (χ1) is 10.5. The molecule has 0 fully saturated rings. The lowest BCUT2D eigenvalue weighted by atomic mass is 10.2. The van der Waals surface area contributed by atoms with Gasteiger partial charge in [-0.15, -0.1) is 0 Å². The van der Waals surface area contributed by atoms with Gasteiger partial charge in [0.1, 0.15) is 0 Å². The summed E-state index contributed by atoms with van der Waals surface area (Å²) in [7, 11) is 0. The molecule has 0 aromatic carbocycles. The second kappa shape index (κ2) is 6.01. The van der Waals surface area contributed by atoms with Crippen LogP contribution >= 0.6 is 0 Å². The van der Waals surface area contributed by atoms with Gasteiger partial charge < -0.3 is 4.74 Å². The minimum Gasteiger partial charge on any atom is -0.423 e. The third-order valence-electron chi connectivity index (χ3n) is 2.10. The summed E-state index contributed by atoms with van der Waals surface area (Å²) >= 11 is 0.